The van der Waals surface area contributed by atoms with Gasteiger partial charge in [-0.3, -0.25) is 9.59 Å². The zero-order valence-corrected chi connectivity index (χ0v) is 24.9. The minimum atomic E-state index is -0.322. The number of hydrogen-bond acceptors (Lipinski definition) is 4. The van der Waals surface area contributed by atoms with E-state index in [0.717, 1.165) is 24.8 Å². The topological polar surface area (TPSA) is 75.6 Å². The van der Waals surface area contributed by atoms with Crippen LogP contribution in [0.15, 0.2) is 24.3 Å². The molecular weight excluding hydrogens is 462 g/mol. The van der Waals surface area contributed by atoms with Crippen LogP contribution in [0.3, 0.4) is 0 Å². The lowest BCUT2D eigenvalue weighted by atomic mass is 9.91. The molecule has 0 spiro atoms. The molecule has 0 heterocycles. The predicted octanol–water partition coefficient (Wildman–Crippen LogP) is 8.72. The molecule has 1 unspecified atom stereocenters. The molecule has 0 bridgehead atoms. The van der Waals surface area contributed by atoms with Crippen molar-refractivity contribution in [1.82, 2.24) is 5.32 Å². The van der Waals surface area contributed by atoms with Crippen molar-refractivity contribution >= 4 is 11.9 Å². The normalized spacial score (nSPS) is 11.8. The van der Waals surface area contributed by atoms with E-state index in [4.69, 9.17) is 9.84 Å². The molecule has 0 aromatic heterocycles. The molecule has 2 N–H and O–H groups in total. The number of phenols is 1. The van der Waals surface area contributed by atoms with Crippen LogP contribution in [0.5, 0.6) is 5.75 Å². The van der Waals surface area contributed by atoms with Crippen molar-refractivity contribution in [3.05, 3.63) is 29.8 Å². The van der Waals surface area contributed by atoms with Gasteiger partial charge in [-0.05, 0) is 50.8 Å². The number of amides is 1. The first-order chi connectivity index (χ1) is 17.7. The second-order valence-electron chi connectivity index (χ2n) is 11.0. The zero-order valence-electron chi connectivity index (χ0n) is 24.9. The van der Waals surface area contributed by atoms with E-state index in [-0.39, 0.29) is 29.0 Å². The number of benzene rings is 1. The first kappa shape index (κ1) is 35.0. The molecule has 0 aliphatic carbocycles. The zero-order chi connectivity index (χ0) is 27.9. The predicted molar refractivity (Wildman–Crippen MR) is 156 cm³/mol. The van der Waals surface area contributed by atoms with Crippen LogP contribution in [0.4, 0.5) is 0 Å². The van der Waals surface area contributed by atoms with Gasteiger partial charge >= 0.3 is 5.97 Å². The van der Waals surface area contributed by atoms with Crippen LogP contribution in [0.1, 0.15) is 137 Å². The second-order valence-corrected chi connectivity index (χ2v) is 11.0. The maximum Gasteiger partial charge on any atom is 0.311 e. The summed E-state index contributed by atoms with van der Waals surface area (Å²) in [6.07, 6.45) is 17.7. The fourth-order valence-corrected chi connectivity index (χ4v) is 3.61. The highest BCUT2D eigenvalue weighted by Crippen LogP contribution is 2.21. The van der Waals surface area contributed by atoms with E-state index in [9.17, 15) is 9.59 Å². The molecule has 0 aliphatic heterocycles. The molecule has 1 aromatic rings. The van der Waals surface area contributed by atoms with E-state index in [1.807, 2.05) is 34.6 Å². The van der Waals surface area contributed by atoms with Gasteiger partial charge in [0, 0.05) is 12.5 Å². The Morgan fingerprint density at radius 1 is 0.838 bits per heavy atom. The number of esters is 1. The van der Waals surface area contributed by atoms with Crippen LogP contribution in [0.25, 0.3) is 0 Å². The van der Waals surface area contributed by atoms with Crippen molar-refractivity contribution in [3.63, 3.8) is 0 Å². The highest BCUT2D eigenvalue weighted by molar-refractivity contribution is 5.78. The summed E-state index contributed by atoms with van der Waals surface area (Å²) in [5.41, 5.74) is 0.668. The number of carbonyl (C=O) groups excluding carboxylic acids is 2. The molecule has 214 valence electrons. The molecule has 5 nitrogen and oxygen atoms in total. The van der Waals surface area contributed by atoms with Crippen LogP contribution < -0.4 is 5.32 Å². The molecule has 5 heteroatoms. The molecule has 1 atom stereocenters. The maximum atomic E-state index is 11.8. The van der Waals surface area contributed by atoms with Gasteiger partial charge in [-0.15, -0.1) is 0 Å². The first-order valence-corrected chi connectivity index (χ1v) is 14.9. The van der Waals surface area contributed by atoms with Crippen molar-refractivity contribution in [1.29, 1.82) is 0 Å². The molecular formula is C32H57NO4. The molecule has 0 saturated carbocycles. The third-order valence-electron chi connectivity index (χ3n) is 7.13. The van der Waals surface area contributed by atoms with Gasteiger partial charge in [0.1, 0.15) is 5.75 Å². The van der Waals surface area contributed by atoms with Crippen LogP contribution >= 0.6 is 0 Å². The lowest BCUT2D eigenvalue weighted by Gasteiger charge is -2.20. The quantitative estimate of drug-likeness (QED) is 0.141. The van der Waals surface area contributed by atoms with Crippen molar-refractivity contribution < 1.29 is 19.4 Å². The summed E-state index contributed by atoms with van der Waals surface area (Å²) in [7, 11) is 0. The summed E-state index contributed by atoms with van der Waals surface area (Å²) < 4.78 is 5.35. The SMILES string of the molecule is CCC(C)C(=O)NCc1ccc(O)cc1.CCCCCCCCCCCCCCOC(=O)C(C)(C)CC. The van der Waals surface area contributed by atoms with Gasteiger partial charge in [-0.25, -0.2) is 0 Å². The smallest absolute Gasteiger partial charge is 0.311 e. The summed E-state index contributed by atoms with van der Waals surface area (Å²) in [4.78, 5) is 23.2. The monoisotopic (exact) mass is 519 g/mol. The number of carbonyl (C=O) groups is 2. The Labute approximate surface area is 228 Å². The Kier molecular flexibility index (Phi) is 20.8. The highest BCUT2D eigenvalue weighted by Gasteiger charge is 2.26. The number of rotatable bonds is 19. The fourth-order valence-electron chi connectivity index (χ4n) is 3.61. The number of nitrogens with one attached hydrogen (secondary N) is 1. The Morgan fingerprint density at radius 2 is 1.32 bits per heavy atom. The first-order valence-electron chi connectivity index (χ1n) is 14.9. The largest absolute Gasteiger partial charge is 0.508 e. The van der Waals surface area contributed by atoms with E-state index >= 15 is 0 Å². The lowest BCUT2D eigenvalue weighted by Crippen LogP contribution is -2.28. The van der Waals surface area contributed by atoms with Crippen molar-refractivity contribution in [3.8, 4) is 5.75 Å². The van der Waals surface area contributed by atoms with Gasteiger partial charge in [0.15, 0.2) is 0 Å². The highest BCUT2D eigenvalue weighted by atomic mass is 16.5. The van der Waals surface area contributed by atoms with Crippen LogP contribution in [0, 0.1) is 11.3 Å². The van der Waals surface area contributed by atoms with Crippen LogP contribution in [-0.4, -0.2) is 23.6 Å². The number of phenolic OH excluding ortho intramolecular Hbond substituents is 1. The fraction of sp³-hybridized carbons (Fsp3) is 0.750. The third kappa shape index (κ3) is 18.8. The van der Waals surface area contributed by atoms with E-state index in [2.05, 4.69) is 12.2 Å². The van der Waals surface area contributed by atoms with Gasteiger partial charge in [0.25, 0.3) is 0 Å². The minimum Gasteiger partial charge on any atom is -0.508 e. The molecule has 1 rings (SSSR count). The van der Waals surface area contributed by atoms with Crippen molar-refractivity contribution in [2.75, 3.05) is 6.61 Å². The summed E-state index contributed by atoms with van der Waals surface area (Å²) in [5, 5.41) is 11.9. The van der Waals surface area contributed by atoms with E-state index < -0.39 is 0 Å². The Balaban J connectivity index is 0.000000749. The Hall–Kier alpha value is -2.04. The van der Waals surface area contributed by atoms with E-state index in [1.165, 1.54) is 70.6 Å². The van der Waals surface area contributed by atoms with Crippen LogP contribution in [-0.2, 0) is 20.9 Å². The van der Waals surface area contributed by atoms with Crippen LogP contribution in [0.2, 0.25) is 0 Å². The molecule has 0 saturated heterocycles. The van der Waals surface area contributed by atoms with Gasteiger partial charge in [-0.1, -0.05) is 110 Å². The number of hydrogen-bond donors (Lipinski definition) is 2. The van der Waals surface area contributed by atoms with E-state index in [1.54, 1.807) is 24.3 Å². The van der Waals surface area contributed by atoms with Gasteiger partial charge in [0.2, 0.25) is 5.91 Å². The third-order valence-corrected chi connectivity index (χ3v) is 7.13. The Bertz CT molecular complexity index is 699. The molecule has 0 fully saturated rings. The number of ether oxygens (including phenoxy) is 1. The van der Waals surface area contributed by atoms with Crippen molar-refractivity contribution in [2.24, 2.45) is 11.3 Å². The maximum absolute atomic E-state index is 11.8. The summed E-state index contributed by atoms with van der Waals surface area (Å²) in [5.74, 6) is 0.331. The molecule has 1 aromatic carbocycles. The second kappa shape index (κ2) is 22.0. The van der Waals surface area contributed by atoms with Gasteiger partial charge in [0.05, 0.1) is 12.0 Å². The van der Waals surface area contributed by atoms with E-state index in [0.29, 0.717) is 13.2 Å². The van der Waals surface area contributed by atoms with Crippen molar-refractivity contribution in [2.45, 2.75) is 138 Å². The standard InChI is InChI=1S/C20H40O2.C12H17NO2/c1-5-7-8-9-10-11-12-13-14-15-16-17-18-22-19(21)20(3,4)6-2;1-3-9(2)12(15)13-8-10-4-6-11(14)7-5-10/h5-18H2,1-4H3;4-7,9,14H,3,8H2,1-2H3,(H,13,15). The number of unbranched alkanes of at least 4 members (excludes halogenated alkanes) is 11. The molecule has 0 radical (unpaired) electrons. The number of aromatic hydroxyl groups is 1. The van der Waals surface area contributed by atoms with Gasteiger partial charge in [-0.2, -0.15) is 0 Å². The minimum absolute atomic E-state index is 0.0435. The molecule has 37 heavy (non-hydrogen) atoms. The summed E-state index contributed by atoms with van der Waals surface area (Å²) >= 11 is 0. The lowest BCUT2D eigenvalue weighted by molar-refractivity contribution is -0.154. The summed E-state index contributed by atoms with van der Waals surface area (Å²) in [6, 6.07) is 6.83. The average Bonchev–Trinajstić information content (AvgIpc) is 2.90. The average molecular weight is 520 g/mol. The molecule has 1 amide bonds. The molecule has 0 aliphatic rings. The Morgan fingerprint density at radius 3 is 1.78 bits per heavy atom. The summed E-state index contributed by atoms with van der Waals surface area (Å²) in [6.45, 7) is 13.2. The van der Waals surface area contributed by atoms with Gasteiger partial charge < -0.3 is 15.2 Å².